The van der Waals surface area contributed by atoms with Gasteiger partial charge in [0.05, 0.1) is 11.4 Å². The lowest BCUT2D eigenvalue weighted by Gasteiger charge is -2.28. The minimum Gasteiger partial charge on any atom is -0.150 e. The molecule has 5 aromatic rings. The van der Waals surface area contributed by atoms with Crippen molar-refractivity contribution in [1.29, 1.82) is 0 Å². The second-order valence-electron chi connectivity index (χ2n) is 12.2. The van der Waals surface area contributed by atoms with E-state index in [0.29, 0.717) is 0 Å². The highest BCUT2D eigenvalue weighted by molar-refractivity contribution is 5.77. The van der Waals surface area contributed by atoms with Crippen LogP contribution in [-0.2, 0) is 10.8 Å². The molecular formula is C30H36N6. The van der Waals surface area contributed by atoms with Crippen LogP contribution in [0.5, 0.6) is 0 Å². The van der Waals surface area contributed by atoms with Crippen molar-refractivity contribution in [1.82, 2.24) is 30.0 Å². The maximum Gasteiger partial charge on any atom is 0.113 e. The minimum atomic E-state index is -0.147. The Labute approximate surface area is 213 Å². The van der Waals surface area contributed by atoms with Gasteiger partial charge in [-0.3, -0.25) is 0 Å². The van der Waals surface area contributed by atoms with Crippen LogP contribution < -0.4 is 0 Å². The molecule has 0 unspecified atom stereocenters. The van der Waals surface area contributed by atoms with Crippen LogP contribution in [0.4, 0.5) is 0 Å². The second kappa shape index (κ2) is 7.99. The summed E-state index contributed by atoms with van der Waals surface area (Å²) in [7, 11) is 0. The van der Waals surface area contributed by atoms with E-state index < -0.39 is 0 Å². The molecule has 36 heavy (non-hydrogen) atoms. The van der Waals surface area contributed by atoms with E-state index in [1.807, 2.05) is 9.59 Å². The Morgan fingerprint density at radius 2 is 0.694 bits per heavy atom. The summed E-state index contributed by atoms with van der Waals surface area (Å²) in [4.78, 5) is 3.62. The maximum atomic E-state index is 4.91. The number of aryl methyl sites for hydroxylation is 4. The number of rotatable bonds is 2. The highest BCUT2D eigenvalue weighted by Gasteiger charge is 2.28. The Balaban J connectivity index is 1.80. The van der Waals surface area contributed by atoms with E-state index in [1.54, 1.807) is 0 Å². The summed E-state index contributed by atoms with van der Waals surface area (Å²) < 4.78 is 0. The third-order valence-electron chi connectivity index (χ3n) is 7.15. The van der Waals surface area contributed by atoms with Crippen LogP contribution >= 0.6 is 0 Å². The molecule has 0 amide bonds. The first-order valence-corrected chi connectivity index (χ1v) is 12.6. The number of hydrogen-bond donors (Lipinski definition) is 0. The normalized spacial score (nSPS) is 12.7. The third kappa shape index (κ3) is 4.08. The highest BCUT2D eigenvalue weighted by Crippen LogP contribution is 2.37. The summed E-state index contributed by atoms with van der Waals surface area (Å²) in [6.07, 6.45) is 0. The molecule has 0 radical (unpaired) electrons. The first-order valence-electron chi connectivity index (χ1n) is 12.6. The van der Waals surface area contributed by atoms with Crippen molar-refractivity contribution in [3.8, 4) is 11.4 Å². The molecule has 186 valence electrons. The topological polar surface area (TPSA) is 61.4 Å². The van der Waals surface area contributed by atoms with Crippen molar-refractivity contribution in [2.24, 2.45) is 0 Å². The smallest absolute Gasteiger partial charge is 0.113 e. The Morgan fingerprint density at radius 1 is 0.444 bits per heavy atom. The molecule has 6 heteroatoms. The number of nitrogens with zero attached hydrogens (tertiary/aromatic N) is 6. The Bertz CT molecular complexity index is 1440. The first-order chi connectivity index (χ1) is 16.7. The fraction of sp³-hybridized carbons (Fsp3) is 0.400. The zero-order valence-electron chi connectivity index (χ0n) is 23.1. The summed E-state index contributed by atoms with van der Waals surface area (Å²) in [5.41, 5.74) is 12.5. The van der Waals surface area contributed by atoms with Crippen LogP contribution in [0.2, 0.25) is 0 Å². The first kappa shape index (κ1) is 24.2. The number of benzene rings is 3. The van der Waals surface area contributed by atoms with E-state index in [-0.39, 0.29) is 10.8 Å². The molecule has 3 aromatic carbocycles. The van der Waals surface area contributed by atoms with Gasteiger partial charge in [-0.1, -0.05) is 41.5 Å². The van der Waals surface area contributed by atoms with E-state index in [9.17, 15) is 0 Å². The van der Waals surface area contributed by atoms with Crippen LogP contribution in [-0.4, -0.2) is 30.0 Å². The van der Waals surface area contributed by atoms with Gasteiger partial charge in [-0.05, 0) is 108 Å². The summed E-state index contributed by atoms with van der Waals surface area (Å²) in [6.45, 7) is 21.8. The van der Waals surface area contributed by atoms with Gasteiger partial charge in [0.1, 0.15) is 22.1 Å². The molecule has 6 nitrogen and oxygen atoms in total. The van der Waals surface area contributed by atoms with E-state index in [1.165, 1.54) is 22.3 Å². The summed E-state index contributed by atoms with van der Waals surface area (Å²) in [5, 5.41) is 19.6. The Hall–Kier alpha value is -3.54. The van der Waals surface area contributed by atoms with Crippen LogP contribution in [0.25, 0.3) is 33.4 Å². The molecule has 0 saturated carbocycles. The molecule has 0 atom stereocenters. The molecule has 0 spiro atoms. The van der Waals surface area contributed by atoms with E-state index in [0.717, 1.165) is 44.6 Å². The van der Waals surface area contributed by atoms with Crippen molar-refractivity contribution in [3.05, 3.63) is 69.8 Å². The zero-order valence-corrected chi connectivity index (χ0v) is 23.1. The van der Waals surface area contributed by atoms with Gasteiger partial charge in [-0.2, -0.15) is 9.59 Å². The fourth-order valence-electron chi connectivity index (χ4n) is 4.67. The van der Waals surface area contributed by atoms with Gasteiger partial charge in [0, 0.05) is 0 Å². The van der Waals surface area contributed by atoms with Crippen LogP contribution in [0.15, 0.2) is 36.4 Å². The second-order valence-corrected chi connectivity index (χ2v) is 12.2. The maximum absolute atomic E-state index is 4.91. The number of hydrogen-bond acceptors (Lipinski definition) is 4. The van der Waals surface area contributed by atoms with Crippen molar-refractivity contribution in [3.63, 3.8) is 0 Å². The van der Waals surface area contributed by atoms with Crippen LogP contribution in [0.3, 0.4) is 0 Å². The lowest BCUT2D eigenvalue weighted by atomic mass is 9.80. The zero-order chi connectivity index (χ0) is 26.2. The van der Waals surface area contributed by atoms with Gasteiger partial charge in [0.25, 0.3) is 0 Å². The average molecular weight is 481 g/mol. The molecule has 2 aromatic heterocycles. The van der Waals surface area contributed by atoms with Crippen molar-refractivity contribution in [2.75, 3.05) is 0 Å². The Morgan fingerprint density at radius 3 is 0.917 bits per heavy atom. The Kier molecular flexibility index (Phi) is 5.36. The largest absolute Gasteiger partial charge is 0.150 e. The molecule has 0 bridgehead atoms. The lowest BCUT2D eigenvalue weighted by molar-refractivity contribution is 0.557. The van der Waals surface area contributed by atoms with Crippen molar-refractivity contribution < 1.29 is 0 Å². The summed E-state index contributed by atoms with van der Waals surface area (Å²) in [6, 6.07) is 12.9. The number of fused-ring (bicyclic) bond motifs is 2. The van der Waals surface area contributed by atoms with Crippen molar-refractivity contribution >= 4 is 22.1 Å². The van der Waals surface area contributed by atoms with Crippen LogP contribution in [0, 0.1) is 27.7 Å². The molecule has 2 heterocycles. The molecule has 0 aliphatic carbocycles. The third-order valence-corrected chi connectivity index (χ3v) is 7.15. The van der Waals surface area contributed by atoms with Gasteiger partial charge in [-0.15, -0.1) is 20.4 Å². The SMILES string of the molecule is Cc1cc2nn(-c3cc(C(C)(C)C)c(-n4nc5cc(C)c(C)cc5n4)cc3C(C)(C)C)nc2cc1C. The van der Waals surface area contributed by atoms with E-state index >= 15 is 0 Å². The quantitative estimate of drug-likeness (QED) is 0.273. The molecular weight excluding hydrogens is 444 g/mol. The summed E-state index contributed by atoms with van der Waals surface area (Å²) in [5.74, 6) is 0. The fourth-order valence-corrected chi connectivity index (χ4v) is 4.67. The van der Waals surface area contributed by atoms with E-state index in [4.69, 9.17) is 20.4 Å². The lowest BCUT2D eigenvalue weighted by Crippen LogP contribution is -2.22. The minimum absolute atomic E-state index is 0.147. The molecule has 0 saturated heterocycles. The van der Waals surface area contributed by atoms with Gasteiger partial charge in [0.2, 0.25) is 0 Å². The average Bonchev–Trinajstić information content (AvgIpc) is 3.35. The molecule has 5 rings (SSSR count). The standard InChI is InChI=1S/C30H36N6/c1-17-11-23-24(12-18(17)2)32-35(31-23)27-15-22(30(8,9)10)28(16-21(27)29(5,6)7)36-33-25-13-19(3)20(4)14-26(25)34-36/h11-16H,1-10H3. The van der Waals surface area contributed by atoms with E-state index in [2.05, 4.69) is 106 Å². The van der Waals surface area contributed by atoms with Gasteiger partial charge in [-0.25, -0.2) is 0 Å². The number of aromatic nitrogens is 6. The molecule has 0 N–H and O–H groups in total. The van der Waals surface area contributed by atoms with Gasteiger partial charge >= 0.3 is 0 Å². The predicted molar refractivity (Wildman–Crippen MR) is 148 cm³/mol. The molecule has 0 aliphatic heterocycles. The molecule has 0 fully saturated rings. The van der Waals surface area contributed by atoms with Gasteiger partial charge < -0.3 is 0 Å². The monoisotopic (exact) mass is 480 g/mol. The molecule has 0 aliphatic rings. The highest BCUT2D eigenvalue weighted by atomic mass is 15.5. The van der Waals surface area contributed by atoms with Crippen molar-refractivity contribution in [2.45, 2.75) is 80.1 Å². The predicted octanol–water partition coefficient (Wildman–Crippen LogP) is 6.98. The summed E-state index contributed by atoms with van der Waals surface area (Å²) >= 11 is 0. The van der Waals surface area contributed by atoms with Crippen LogP contribution in [0.1, 0.15) is 74.9 Å². The van der Waals surface area contributed by atoms with Gasteiger partial charge in [0.15, 0.2) is 0 Å².